The smallest absolute Gasteiger partial charge is 0.185 e. The van der Waals surface area contributed by atoms with Gasteiger partial charge in [-0.3, -0.25) is 9.47 Å². The number of rotatable bonds is 4. The molecule has 0 radical (unpaired) electrons. The Balaban J connectivity index is 1.42. The molecule has 0 bridgehead atoms. The van der Waals surface area contributed by atoms with Gasteiger partial charge >= 0.3 is 0 Å². The van der Waals surface area contributed by atoms with Crippen LogP contribution < -0.4 is 4.90 Å². The summed E-state index contributed by atoms with van der Waals surface area (Å²) >= 11 is 11.8. The fraction of sp³-hybridized carbons (Fsp3) is 0.250. The third-order valence-electron chi connectivity index (χ3n) is 4.78. The first-order chi connectivity index (χ1) is 12.7. The molecule has 0 saturated carbocycles. The molecule has 26 heavy (non-hydrogen) atoms. The molecular formula is C20H21ClN4S. The highest BCUT2D eigenvalue weighted by Crippen LogP contribution is 2.18. The highest BCUT2D eigenvalue weighted by atomic mass is 35.5. The SMILES string of the molecule is S=c1n(CN2CCN(c3ccccc3)CC2)ccn1-c1cccc(Cl)c1. The van der Waals surface area contributed by atoms with E-state index in [2.05, 4.69) is 44.7 Å². The third kappa shape index (κ3) is 3.70. The Labute approximate surface area is 163 Å². The minimum absolute atomic E-state index is 0.717. The lowest BCUT2D eigenvalue weighted by Gasteiger charge is -2.36. The second-order valence-corrected chi connectivity index (χ2v) is 7.28. The number of para-hydroxylation sites is 1. The van der Waals surface area contributed by atoms with Crippen molar-refractivity contribution < 1.29 is 0 Å². The van der Waals surface area contributed by atoms with Crippen molar-refractivity contribution in [3.8, 4) is 5.69 Å². The summed E-state index contributed by atoms with van der Waals surface area (Å²) in [7, 11) is 0. The minimum atomic E-state index is 0.717. The van der Waals surface area contributed by atoms with Crippen LogP contribution in [0.3, 0.4) is 0 Å². The van der Waals surface area contributed by atoms with Crippen molar-refractivity contribution in [2.45, 2.75) is 6.67 Å². The van der Waals surface area contributed by atoms with Gasteiger partial charge in [0.15, 0.2) is 4.77 Å². The van der Waals surface area contributed by atoms with E-state index in [1.54, 1.807) is 0 Å². The van der Waals surface area contributed by atoms with Gasteiger partial charge in [0.2, 0.25) is 0 Å². The lowest BCUT2D eigenvalue weighted by Crippen LogP contribution is -2.46. The molecule has 0 amide bonds. The van der Waals surface area contributed by atoms with Crippen molar-refractivity contribution in [1.29, 1.82) is 0 Å². The zero-order valence-electron chi connectivity index (χ0n) is 14.5. The molecule has 1 aliphatic heterocycles. The Morgan fingerprint density at radius 2 is 1.58 bits per heavy atom. The molecule has 134 valence electrons. The zero-order valence-corrected chi connectivity index (χ0v) is 16.0. The summed E-state index contributed by atoms with van der Waals surface area (Å²) in [5, 5.41) is 0.717. The van der Waals surface area contributed by atoms with Crippen LogP contribution in [0.2, 0.25) is 5.02 Å². The maximum Gasteiger partial charge on any atom is 0.185 e. The molecule has 6 heteroatoms. The third-order valence-corrected chi connectivity index (χ3v) is 5.45. The van der Waals surface area contributed by atoms with Crippen LogP contribution in [0.25, 0.3) is 5.69 Å². The van der Waals surface area contributed by atoms with E-state index in [4.69, 9.17) is 23.8 Å². The number of hydrogen-bond acceptors (Lipinski definition) is 3. The second-order valence-electron chi connectivity index (χ2n) is 6.48. The quantitative estimate of drug-likeness (QED) is 0.618. The molecule has 0 spiro atoms. The first kappa shape index (κ1) is 17.3. The van der Waals surface area contributed by atoms with Crippen molar-refractivity contribution in [2.24, 2.45) is 0 Å². The van der Waals surface area contributed by atoms with Crippen molar-refractivity contribution in [2.75, 3.05) is 31.1 Å². The first-order valence-electron chi connectivity index (χ1n) is 8.77. The Morgan fingerprint density at radius 3 is 2.31 bits per heavy atom. The van der Waals surface area contributed by atoms with Gasteiger partial charge in [0.05, 0.1) is 6.67 Å². The van der Waals surface area contributed by atoms with E-state index < -0.39 is 0 Å². The van der Waals surface area contributed by atoms with Gasteiger partial charge in [-0.25, -0.2) is 0 Å². The summed E-state index contributed by atoms with van der Waals surface area (Å²) in [6.07, 6.45) is 4.06. The van der Waals surface area contributed by atoms with Crippen LogP contribution in [0, 0.1) is 4.77 Å². The Morgan fingerprint density at radius 1 is 0.846 bits per heavy atom. The van der Waals surface area contributed by atoms with E-state index in [1.165, 1.54) is 5.69 Å². The first-order valence-corrected chi connectivity index (χ1v) is 9.55. The molecule has 2 heterocycles. The van der Waals surface area contributed by atoms with Gasteiger partial charge in [0.1, 0.15) is 0 Å². The molecule has 1 saturated heterocycles. The lowest BCUT2D eigenvalue weighted by molar-refractivity contribution is 0.204. The number of hydrogen-bond donors (Lipinski definition) is 0. The maximum absolute atomic E-state index is 6.11. The van der Waals surface area contributed by atoms with Gasteiger partial charge in [-0.1, -0.05) is 35.9 Å². The standard InChI is InChI=1S/C20H21ClN4S/c21-17-5-4-8-19(15-17)25-14-13-24(20(25)26)16-22-9-11-23(12-10-22)18-6-2-1-3-7-18/h1-8,13-15H,9-12,16H2. The van der Waals surface area contributed by atoms with Crippen molar-refractivity contribution in [1.82, 2.24) is 14.0 Å². The molecule has 0 aliphatic carbocycles. The highest BCUT2D eigenvalue weighted by Gasteiger charge is 2.17. The summed E-state index contributed by atoms with van der Waals surface area (Å²) in [5.74, 6) is 0. The predicted molar refractivity (Wildman–Crippen MR) is 110 cm³/mol. The van der Waals surface area contributed by atoms with Gasteiger partial charge in [0.25, 0.3) is 0 Å². The highest BCUT2D eigenvalue weighted by molar-refractivity contribution is 7.71. The molecular weight excluding hydrogens is 364 g/mol. The summed E-state index contributed by atoms with van der Waals surface area (Å²) in [5.41, 5.74) is 2.30. The molecule has 0 N–H and O–H groups in total. The van der Waals surface area contributed by atoms with E-state index in [9.17, 15) is 0 Å². The van der Waals surface area contributed by atoms with Gasteiger partial charge in [0, 0.05) is 55.0 Å². The van der Waals surface area contributed by atoms with Gasteiger partial charge < -0.3 is 9.47 Å². The number of benzene rings is 2. The molecule has 4 rings (SSSR count). The summed E-state index contributed by atoms with van der Waals surface area (Å²) in [6.45, 7) is 4.94. The van der Waals surface area contributed by atoms with Gasteiger partial charge in [-0.2, -0.15) is 0 Å². The molecule has 2 aromatic carbocycles. The molecule has 1 fully saturated rings. The van der Waals surface area contributed by atoms with Crippen molar-refractivity contribution in [3.63, 3.8) is 0 Å². The van der Waals surface area contributed by atoms with Crippen LogP contribution in [-0.4, -0.2) is 40.2 Å². The average Bonchev–Trinajstić information content (AvgIpc) is 3.03. The van der Waals surface area contributed by atoms with Crippen LogP contribution in [0.4, 0.5) is 5.69 Å². The van der Waals surface area contributed by atoms with Crippen molar-refractivity contribution >= 4 is 29.5 Å². The summed E-state index contributed by atoms with van der Waals surface area (Å²) < 4.78 is 4.91. The number of aromatic nitrogens is 2. The fourth-order valence-electron chi connectivity index (χ4n) is 3.34. The van der Waals surface area contributed by atoms with Crippen LogP contribution in [0.15, 0.2) is 67.0 Å². The Kier molecular flexibility index (Phi) is 5.11. The Hall–Kier alpha value is -2.08. The zero-order chi connectivity index (χ0) is 17.9. The van der Waals surface area contributed by atoms with Crippen LogP contribution >= 0.6 is 23.8 Å². The largest absolute Gasteiger partial charge is 0.369 e. The van der Waals surface area contributed by atoms with E-state index in [1.807, 2.05) is 41.2 Å². The molecule has 0 atom stereocenters. The van der Waals surface area contributed by atoms with E-state index >= 15 is 0 Å². The molecule has 1 aromatic heterocycles. The molecule has 3 aromatic rings. The second kappa shape index (κ2) is 7.66. The van der Waals surface area contributed by atoms with Gasteiger partial charge in [-0.05, 0) is 42.5 Å². The minimum Gasteiger partial charge on any atom is -0.369 e. The van der Waals surface area contributed by atoms with Crippen LogP contribution in [0.1, 0.15) is 0 Å². The molecule has 4 nitrogen and oxygen atoms in total. The van der Waals surface area contributed by atoms with E-state index in [0.717, 1.165) is 43.3 Å². The topological polar surface area (TPSA) is 16.3 Å². The van der Waals surface area contributed by atoms with E-state index in [0.29, 0.717) is 5.02 Å². The lowest BCUT2D eigenvalue weighted by atomic mass is 10.2. The van der Waals surface area contributed by atoms with Crippen molar-refractivity contribution in [3.05, 3.63) is 76.8 Å². The summed E-state index contributed by atoms with van der Waals surface area (Å²) in [4.78, 5) is 4.88. The van der Waals surface area contributed by atoms with Gasteiger partial charge in [-0.15, -0.1) is 0 Å². The molecule has 0 unspecified atom stereocenters. The number of halogens is 1. The Bertz CT molecular complexity index is 926. The normalized spacial score (nSPS) is 15.3. The molecule has 1 aliphatic rings. The monoisotopic (exact) mass is 384 g/mol. The number of nitrogens with zero attached hydrogens (tertiary/aromatic N) is 4. The van der Waals surface area contributed by atoms with E-state index in [-0.39, 0.29) is 0 Å². The average molecular weight is 385 g/mol. The van der Waals surface area contributed by atoms with Crippen LogP contribution in [-0.2, 0) is 6.67 Å². The van der Waals surface area contributed by atoms with Crippen LogP contribution in [0.5, 0.6) is 0 Å². The fourth-order valence-corrected chi connectivity index (χ4v) is 3.81. The summed E-state index contributed by atoms with van der Waals surface area (Å²) in [6, 6.07) is 18.4. The predicted octanol–water partition coefficient (Wildman–Crippen LogP) is 4.44. The number of piperazine rings is 1. The number of imidazole rings is 1. The maximum atomic E-state index is 6.11. The number of anilines is 1.